The van der Waals surface area contributed by atoms with E-state index in [-0.39, 0.29) is 18.3 Å². The van der Waals surface area contributed by atoms with E-state index in [0.717, 1.165) is 5.56 Å². The standard InChI is InChI=1S/C18H22N6O2/c19-17(20)13-2-1-3-15(10-13)24(11-16(25)26)9-8-12-4-6-14(7-5-12)23-18(21)22/h1-7,10H,8-9,11H2,(H3,19,20)(H,25,26)(H4,21,22,23). The van der Waals surface area contributed by atoms with Crippen molar-refractivity contribution in [3.8, 4) is 0 Å². The molecule has 0 radical (unpaired) electrons. The molecule has 0 spiro atoms. The summed E-state index contributed by atoms with van der Waals surface area (Å²) >= 11 is 0. The van der Waals surface area contributed by atoms with Crippen LogP contribution < -0.4 is 22.1 Å². The number of hydrogen-bond donors (Lipinski definition) is 5. The van der Waals surface area contributed by atoms with Crippen molar-refractivity contribution in [2.24, 2.45) is 22.2 Å². The highest BCUT2D eigenvalue weighted by atomic mass is 16.4. The molecular weight excluding hydrogens is 332 g/mol. The molecule has 8 nitrogen and oxygen atoms in total. The number of carboxylic acids is 1. The Labute approximate surface area is 151 Å². The summed E-state index contributed by atoms with van der Waals surface area (Å²) in [5, 5.41) is 16.7. The number of nitrogen functional groups attached to an aromatic ring is 1. The minimum atomic E-state index is -0.929. The Hall–Kier alpha value is -3.55. The molecule has 8 N–H and O–H groups in total. The molecule has 0 unspecified atom stereocenters. The first kappa shape index (κ1) is 18.8. The Kier molecular flexibility index (Phi) is 6.15. The van der Waals surface area contributed by atoms with E-state index in [1.807, 2.05) is 12.1 Å². The quantitative estimate of drug-likeness (QED) is 0.352. The lowest BCUT2D eigenvalue weighted by Crippen LogP contribution is -2.31. The molecule has 2 rings (SSSR count). The summed E-state index contributed by atoms with van der Waals surface area (Å²) in [6, 6.07) is 14.4. The van der Waals surface area contributed by atoms with Gasteiger partial charge in [-0.15, -0.1) is 0 Å². The highest BCUT2D eigenvalue weighted by Gasteiger charge is 2.12. The normalized spacial score (nSPS) is 10.2. The number of rotatable bonds is 8. The summed E-state index contributed by atoms with van der Waals surface area (Å²) in [4.78, 5) is 16.9. The molecule has 0 aliphatic rings. The Balaban J connectivity index is 2.13. The van der Waals surface area contributed by atoms with Gasteiger partial charge in [-0.1, -0.05) is 24.3 Å². The van der Waals surface area contributed by atoms with Gasteiger partial charge in [0.15, 0.2) is 5.96 Å². The van der Waals surface area contributed by atoms with Crippen LogP contribution in [0.4, 0.5) is 11.4 Å². The van der Waals surface area contributed by atoms with Crippen molar-refractivity contribution < 1.29 is 9.90 Å². The van der Waals surface area contributed by atoms with Crippen LogP contribution in [0, 0.1) is 5.41 Å². The molecule has 8 heteroatoms. The van der Waals surface area contributed by atoms with Gasteiger partial charge in [-0.3, -0.25) is 10.2 Å². The number of carboxylic acid groups (broad SMARTS) is 1. The van der Waals surface area contributed by atoms with E-state index in [9.17, 15) is 9.90 Å². The summed E-state index contributed by atoms with van der Waals surface area (Å²) in [5.41, 5.74) is 19.2. The van der Waals surface area contributed by atoms with Crippen LogP contribution in [0.5, 0.6) is 0 Å². The van der Waals surface area contributed by atoms with Crippen molar-refractivity contribution in [1.82, 2.24) is 0 Å². The average molecular weight is 354 g/mol. The van der Waals surface area contributed by atoms with Gasteiger partial charge in [0.2, 0.25) is 0 Å². The molecule has 0 aliphatic heterocycles. The number of nitrogens with one attached hydrogen (secondary N) is 1. The maximum atomic E-state index is 11.2. The maximum Gasteiger partial charge on any atom is 0.323 e. The van der Waals surface area contributed by atoms with Crippen LogP contribution in [0.15, 0.2) is 53.5 Å². The van der Waals surface area contributed by atoms with E-state index < -0.39 is 5.97 Å². The predicted octanol–water partition coefficient (Wildman–Crippen LogP) is 1.01. The topological polar surface area (TPSA) is 155 Å². The van der Waals surface area contributed by atoms with Gasteiger partial charge in [0.1, 0.15) is 12.4 Å². The minimum absolute atomic E-state index is 0.00395. The SMILES string of the molecule is N=C(N)c1cccc(N(CCc2ccc(N=C(N)N)cc2)CC(=O)O)c1. The number of hydrogen-bond acceptors (Lipinski definition) is 4. The molecule has 0 atom stereocenters. The van der Waals surface area contributed by atoms with Crippen LogP contribution in [-0.2, 0) is 11.2 Å². The van der Waals surface area contributed by atoms with Crippen molar-refractivity contribution in [2.45, 2.75) is 6.42 Å². The first-order chi connectivity index (χ1) is 12.3. The zero-order valence-electron chi connectivity index (χ0n) is 14.2. The molecule has 0 bridgehead atoms. The van der Waals surface area contributed by atoms with Crippen LogP contribution in [0.1, 0.15) is 11.1 Å². The number of amidine groups is 1. The number of nitrogens with two attached hydrogens (primary N) is 3. The van der Waals surface area contributed by atoms with E-state index in [2.05, 4.69) is 4.99 Å². The molecule has 0 fully saturated rings. The highest BCUT2D eigenvalue weighted by Crippen LogP contribution is 2.18. The number of benzene rings is 2. The molecule has 0 aliphatic carbocycles. The Morgan fingerprint density at radius 3 is 2.38 bits per heavy atom. The molecule has 2 aromatic carbocycles. The molecular formula is C18H22N6O2. The molecule has 0 saturated carbocycles. The fourth-order valence-electron chi connectivity index (χ4n) is 2.48. The van der Waals surface area contributed by atoms with Crippen LogP contribution in [0.2, 0.25) is 0 Å². The third kappa shape index (κ3) is 5.52. The third-order valence-corrected chi connectivity index (χ3v) is 3.71. The number of aliphatic carboxylic acids is 1. The van der Waals surface area contributed by atoms with Gasteiger partial charge in [-0.2, -0.15) is 0 Å². The molecule has 26 heavy (non-hydrogen) atoms. The Morgan fingerprint density at radius 2 is 1.81 bits per heavy atom. The smallest absolute Gasteiger partial charge is 0.323 e. The van der Waals surface area contributed by atoms with Gasteiger partial charge in [-0.05, 0) is 36.2 Å². The van der Waals surface area contributed by atoms with E-state index in [1.165, 1.54) is 0 Å². The summed E-state index contributed by atoms with van der Waals surface area (Å²) in [7, 11) is 0. The monoisotopic (exact) mass is 354 g/mol. The predicted molar refractivity (Wildman–Crippen MR) is 103 cm³/mol. The van der Waals surface area contributed by atoms with Crippen molar-refractivity contribution in [2.75, 3.05) is 18.0 Å². The van der Waals surface area contributed by atoms with E-state index in [1.54, 1.807) is 41.3 Å². The molecule has 0 amide bonds. The van der Waals surface area contributed by atoms with E-state index in [0.29, 0.717) is 29.9 Å². The minimum Gasteiger partial charge on any atom is -0.480 e. The molecule has 0 heterocycles. The number of aliphatic imine (C=N–C) groups is 1. The van der Waals surface area contributed by atoms with Gasteiger partial charge >= 0.3 is 5.97 Å². The fourth-order valence-corrected chi connectivity index (χ4v) is 2.48. The summed E-state index contributed by atoms with van der Waals surface area (Å²) in [6.07, 6.45) is 0.639. The molecule has 136 valence electrons. The summed E-state index contributed by atoms with van der Waals surface area (Å²) in [6.45, 7) is 0.350. The first-order valence-corrected chi connectivity index (χ1v) is 7.95. The van der Waals surface area contributed by atoms with Crippen molar-refractivity contribution in [3.05, 3.63) is 59.7 Å². The zero-order valence-corrected chi connectivity index (χ0v) is 14.2. The molecule has 2 aromatic rings. The number of guanidine groups is 1. The Morgan fingerprint density at radius 1 is 1.12 bits per heavy atom. The average Bonchev–Trinajstić information content (AvgIpc) is 2.59. The lowest BCUT2D eigenvalue weighted by atomic mass is 10.1. The number of carbonyl (C=O) groups is 1. The van der Waals surface area contributed by atoms with Gasteiger partial charge in [0, 0.05) is 17.8 Å². The maximum absolute atomic E-state index is 11.2. The zero-order chi connectivity index (χ0) is 19.1. The second-order valence-electron chi connectivity index (χ2n) is 5.73. The van der Waals surface area contributed by atoms with Crippen LogP contribution in [0.3, 0.4) is 0 Å². The second kappa shape index (κ2) is 8.52. The number of anilines is 1. The molecule has 0 saturated heterocycles. The number of nitrogens with zero attached hydrogens (tertiary/aromatic N) is 2. The summed E-state index contributed by atoms with van der Waals surface area (Å²) < 4.78 is 0. The van der Waals surface area contributed by atoms with Crippen molar-refractivity contribution >= 4 is 29.1 Å². The van der Waals surface area contributed by atoms with Crippen molar-refractivity contribution in [1.29, 1.82) is 5.41 Å². The summed E-state index contributed by atoms with van der Waals surface area (Å²) in [5.74, 6) is -0.991. The largest absolute Gasteiger partial charge is 0.480 e. The second-order valence-corrected chi connectivity index (χ2v) is 5.73. The van der Waals surface area contributed by atoms with Crippen molar-refractivity contribution in [3.63, 3.8) is 0 Å². The van der Waals surface area contributed by atoms with Gasteiger partial charge in [0.05, 0.1) is 5.69 Å². The van der Waals surface area contributed by atoms with E-state index >= 15 is 0 Å². The third-order valence-electron chi connectivity index (χ3n) is 3.71. The van der Waals surface area contributed by atoms with Crippen LogP contribution in [0.25, 0.3) is 0 Å². The highest BCUT2D eigenvalue weighted by molar-refractivity contribution is 5.95. The van der Waals surface area contributed by atoms with Gasteiger partial charge in [0.25, 0.3) is 0 Å². The van der Waals surface area contributed by atoms with Crippen LogP contribution >= 0.6 is 0 Å². The molecule has 0 aromatic heterocycles. The van der Waals surface area contributed by atoms with Gasteiger partial charge in [-0.25, -0.2) is 4.99 Å². The van der Waals surface area contributed by atoms with Crippen LogP contribution in [-0.4, -0.2) is 36.0 Å². The fraction of sp³-hybridized carbons (Fsp3) is 0.167. The lowest BCUT2D eigenvalue weighted by molar-refractivity contribution is -0.135. The van der Waals surface area contributed by atoms with E-state index in [4.69, 9.17) is 22.6 Å². The van der Waals surface area contributed by atoms with Gasteiger partial charge < -0.3 is 27.2 Å². The lowest BCUT2D eigenvalue weighted by Gasteiger charge is -2.23. The Bertz CT molecular complexity index is 813. The first-order valence-electron chi connectivity index (χ1n) is 7.95.